The molecular weight excluding hydrogens is 510 g/mol. The Balaban J connectivity index is 1.18. The monoisotopic (exact) mass is 545 g/mol. The minimum Gasteiger partial charge on any atom is -0.494 e. The van der Waals surface area contributed by atoms with Crippen molar-refractivity contribution in [3.8, 4) is 28.7 Å². The molecule has 0 amide bonds. The number of benzene rings is 3. The Morgan fingerprint density at radius 2 is 1.02 bits per heavy atom. The van der Waals surface area contributed by atoms with Crippen molar-refractivity contribution < 1.29 is 19.3 Å². The summed E-state index contributed by atoms with van der Waals surface area (Å²) >= 11 is 0. The molecule has 0 aromatic heterocycles. The standard InChI is InChI=1S/C31H35N3O6/c32-24-25-14-16-26(17-15-25)27-18-20-28(21-19-27)39-22-9-7-5-3-1-2-4-6-8-10-23-40-31-29(33(35)36)12-11-13-30(31)34(37)38/h11-21H,1-10,22-23H2. The van der Waals surface area contributed by atoms with Crippen molar-refractivity contribution in [2.24, 2.45) is 0 Å². The van der Waals surface area contributed by atoms with Crippen molar-refractivity contribution in [3.63, 3.8) is 0 Å². The number of para-hydroxylation sites is 1. The van der Waals surface area contributed by atoms with Crippen LogP contribution in [0.1, 0.15) is 69.8 Å². The second kappa shape index (κ2) is 16.5. The molecule has 0 spiro atoms. The van der Waals surface area contributed by atoms with Crippen molar-refractivity contribution in [3.05, 3.63) is 92.5 Å². The number of nitrogens with zero attached hydrogens (tertiary/aromatic N) is 3. The predicted molar refractivity (Wildman–Crippen MR) is 154 cm³/mol. The largest absolute Gasteiger partial charge is 0.494 e. The van der Waals surface area contributed by atoms with E-state index in [-0.39, 0.29) is 23.7 Å². The van der Waals surface area contributed by atoms with Gasteiger partial charge in [0.1, 0.15) is 5.75 Å². The number of hydrogen-bond acceptors (Lipinski definition) is 7. The number of hydrogen-bond donors (Lipinski definition) is 0. The van der Waals surface area contributed by atoms with Gasteiger partial charge in [0.15, 0.2) is 0 Å². The first-order valence-electron chi connectivity index (χ1n) is 13.8. The second-order valence-electron chi connectivity index (χ2n) is 9.59. The summed E-state index contributed by atoms with van der Waals surface area (Å²) in [5, 5.41) is 31.2. The molecule has 3 aromatic rings. The quantitative estimate of drug-likeness (QED) is 0.0891. The van der Waals surface area contributed by atoms with Crippen LogP contribution in [0.4, 0.5) is 11.4 Å². The molecule has 0 aliphatic rings. The van der Waals surface area contributed by atoms with Crippen molar-refractivity contribution in [2.75, 3.05) is 13.2 Å². The van der Waals surface area contributed by atoms with E-state index in [0.717, 1.165) is 49.0 Å². The Labute approximate surface area is 234 Å². The lowest BCUT2D eigenvalue weighted by molar-refractivity contribution is -0.396. The summed E-state index contributed by atoms with van der Waals surface area (Å²) in [7, 11) is 0. The molecule has 0 atom stereocenters. The summed E-state index contributed by atoms with van der Waals surface area (Å²) in [4.78, 5) is 21.0. The molecule has 0 saturated carbocycles. The Bertz CT molecular complexity index is 1240. The molecule has 0 heterocycles. The predicted octanol–water partition coefficient (Wildman–Crippen LogP) is 8.40. The van der Waals surface area contributed by atoms with Crippen LogP contribution >= 0.6 is 0 Å². The van der Waals surface area contributed by atoms with E-state index in [2.05, 4.69) is 6.07 Å². The van der Waals surface area contributed by atoms with Crippen LogP contribution in [0.25, 0.3) is 11.1 Å². The molecule has 0 aliphatic carbocycles. The molecule has 0 bridgehead atoms. The highest BCUT2D eigenvalue weighted by Crippen LogP contribution is 2.36. The molecule has 9 nitrogen and oxygen atoms in total. The zero-order chi connectivity index (χ0) is 28.6. The molecule has 0 radical (unpaired) electrons. The molecule has 9 heteroatoms. The van der Waals surface area contributed by atoms with E-state index < -0.39 is 9.85 Å². The first-order chi connectivity index (χ1) is 19.5. The zero-order valence-corrected chi connectivity index (χ0v) is 22.6. The Morgan fingerprint density at radius 1 is 0.600 bits per heavy atom. The lowest BCUT2D eigenvalue weighted by Crippen LogP contribution is -2.03. The van der Waals surface area contributed by atoms with E-state index >= 15 is 0 Å². The highest BCUT2D eigenvalue weighted by molar-refractivity contribution is 5.65. The topological polar surface area (TPSA) is 129 Å². The average Bonchev–Trinajstić information content (AvgIpc) is 2.97. The van der Waals surface area contributed by atoms with Gasteiger partial charge >= 0.3 is 11.4 Å². The maximum absolute atomic E-state index is 11.1. The number of nitriles is 1. The SMILES string of the molecule is N#Cc1ccc(-c2ccc(OCCCCCCCCCCCCOc3c([N+](=O)[O-])cccc3[N+](=O)[O-])cc2)cc1. The molecule has 0 unspecified atom stereocenters. The Morgan fingerprint density at radius 3 is 1.48 bits per heavy atom. The van der Waals surface area contributed by atoms with Gasteiger partial charge in [-0.3, -0.25) is 20.2 Å². The summed E-state index contributed by atoms with van der Waals surface area (Å²) in [5.74, 6) is 0.600. The van der Waals surface area contributed by atoms with E-state index in [0.29, 0.717) is 18.6 Å². The summed E-state index contributed by atoms with van der Waals surface area (Å²) in [5.41, 5.74) is 2.06. The third-order valence-corrected chi connectivity index (χ3v) is 6.62. The van der Waals surface area contributed by atoms with Crippen LogP contribution in [0.2, 0.25) is 0 Å². The van der Waals surface area contributed by atoms with E-state index in [1.165, 1.54) is 43.9 Å². The summed E-state index contributed by atoms with van der Waals surface area (Å²) in [6.45, 7) is 0.919. The van der Waals surface area contributed by atoms with Crippen LogP contribution in [-0.2, 0) is 0 Å². The van der Waals surface area contributed by atoms with Gasteiger partial charge in [-0.05, 0) is 54.3 Å². The molecule has 3 aromatic carbocycles. The third-order valence-electron chi connectivity index (χ3n) is 6.62. The minimum absolute atomic E-state index is 0.217. The summed E-state index contributed by atoms with van der Waals surface area (Å²) in [6.07, 6.45) is 10.7. The molecule has 40 heavy (non-hydrogen) atoms. The minimum atomic E-state index is -0.658. The summed E-state index contributed by atoms with van der Waals surface area (Å²) in [6, 6.07) is 21.4. The molecule has 210 valence electrons. The number of nitro groups is 2. The maximum atomic E-state index is 11.1. The second-order valence-corrected chi connectivity index (χ2v) is 9.59. The Kier molecular flexibility index (Phi) is 12.4. The average molecular weight is 546 g/mol. The van der Waals surface area contributed by atoms with Crippen LogP contribution in [-0.4, -0.2) is 23.1 Å². The van der Waals surface area contributed by atoms with Gasteiger partial charge in [-0.2, -0.15) is 5.26 Å². The van der Waals surface area contributed by atoms with Crippen LogP contribution in [0.5, 0.6) is 11.5 Å². The number of ether oxygens (including phenoxy) is 2. The molecule has 0 fully saturated rings. The van der Waals surface area contributed by atoms with Crippen LogP contribution in [0.15, 0.2) is 66.7 Å². The van der Waals surface area contributed by atoms with Gasteiger partial charge in [0.25, 0.3) is 5.75 Å². The van der Waals surface area contributed by atoms with E-state index in [4.69, 9.17) is 14.7 Å². The molecule has 0 aliphatic heterocycles. The fourth-order valence-corrected chi connectivity index (χ4v) is 4.41. The van der Waals surface area contributed by atoms with Crippen molar-refractivity contribution in [1.82, 2.24) is 0 Å². The molecule has 0 saturated heterocycles. The Hall–Kier alpha value is -4.45. The van der Waals surface area contributed by atoms with E-state index in [1.54, 1.807) is 0 Å². The van der Waals surface area contributed by atoms with Gasteiger partial charge in [-0.1, -0.05) is 75.6 Å². The fourth-order valence-electron chi connectivity index (χ4n) is 4.41. The summed E-state index contributed by atoms with van der Waals surface area (Å²) < 4.78 is 11.3. The highest BCUT2D eigenvalue weighted by Gasteiger charge is 2.26. The maximum Gasteiger partial charge on any atom is 0.318 e. The van der Waals surface area contributed by atoms with Crippen LogP contribution in [0, 0.1) is 31.6 Å². The highest BCUT2D eigenvalue weighted by atomic mass is 16.6. The van der Waals surface area contributed by atoms with E-state index in [1.807, 2.05) is 48.5 Å². The number of rotatable bonds is 18. The molecular formula is C31H35N3O6. The van der Waals surface area contributed by atoms with Crippen molar-refractivity contribution >= 4 is 11.4 Å². The van der Waals surface area contributed by atoms with Gasteiger partial charge in [0.2, 0.25) is 0 Å². The zero-order valence-electron chi connectivity index (χ0n) is 22.6. The third kappa shape index (κ3) is 9.70. The van der Waals surface area contributed by atoms with E-state index in [9.17, 15) is 20.2 Å². The smallest absolute Gasteiger partial charge is 0.318 e. The number of nitro benzene ring substituents is 2. The van der Waals surface area contributed by atoms with Crippen molar-refractivity contribution in [1.29, 1.82) is 5.26 Å². The first-order valence-corrected chi connectivity index (χ1v) is 13.8. The molecule has 3 rings (SSSR count). The van der Waals surface area contributed by atoms with Crippen molar-refractivity contribution in [2.45, 2.75) is 64.2 Å². The molecule has 0 N–H and O–H groups in total. The van der Waals surface area contributed by atoms with Crippen LogP contribution < -0.4 is 9.47 Å². The van der Waals surface area contributed by atoms with Gasteiger partial charge in [-0.15, -0.1) is 0 Å². The van der Waals surface area contributed by atoms with Gasteiger partial charge < -0.3 is 9.47 Å². The number of unbranched alkanes of at least 4 members (excludes halogenated alkanes) is 9. The van der Waals surface area contributed by atoms with Gasteiger partial charge in [0, 0.05) is 12.1 Å². The lowest BCUT2D eigenvalue weighted by atomic mass is 10.0. The van der Waals surface area contributed by atoms with Crippen LogP contribution in [0.3, 0.4) is 0 Å². The first kappa shape index (κ1) is 30.1. The van der Waals surface area contributed by atoms with Gasteiger partial charge in [-0.25, -0.2) is 0 Å². The van der Waals surface area contributed by atoms with Gasteiger partial charge in [0.05, 0.1) is 34.7 Å². The lowest BCUT2D eigenvalue weighted by Gasteiger charge is -2.08. The fraction of sp³-hybridized carbons (Fsp3) is 0.387. The normalized spacial score (nSPS) is 10.6.